The molecule has 8 aliphatic rings. The molecule has 15 heteroatoms. The zero-order chi connectivity index (χ0) is 41.5. The molecule has 0 amide bonds. The van der Waals surface area contributed by atoms with Gasteiger partial charge in [-0.2, -0.15) is 0 Å². The van der Waals surface area contributed by atoms with Crippen molar-refractivity contribution >= 4 is 11.9 Å². The molecule has 21 atom stereocenters. The number of aliphatic hydroxyl groups is 5. The second-order valence-corrected chi connectivity index (χ2v) is 19.4. The third-order valence-electron chi connectivity index (χ3n) is 16.2. The molecule has 0 aromatic carbocycles. The maximum atomic E-state index is 12.6. The highest BCUT2D eigenvalue weighted by molar-refractivity contribution is 5.85. The van der Waals surface area contributed by atoms with Gasteiger partial charge in [0.1, 0.15) is 31.0 Å². The average Bonchev–Trinajstić information content (AvgIpc) is 3.70. The Hall–Kier alpha value is -1.76. The average molecular weight is 823 g/mol. The zero-order valence-corrected chi connectivity index (χ0v) is 34.8. The lowest BCUT2D eigenvalue weighted by Crippen LogP contribution is -2.67. The highest BCUT2D eigenvalue weighted by Crippen LogP contribution is 2.70. The Balaban J connectivity index is 0.829. The van der Waals surface area contributed by atoms with Crippen molar-refractivity contribution in [3.05, 3.63) is 11.6 Å². The number of fused-ring (bicyclic) bond motifs is 5. The minimum absolute atomic E-state index is 0.0561. The minimum atomic E-state index is -1.02. The van der Waals surface area contributed by atoms with Crippen LogP contribution in [-0.4, -0.2) is 136 Å². The highest BCUT2D eigenvalue weighted by atomic mass is 16.7. The summed E-state index contributed by atoms with van der Waals surface area (Å²) >= 11 is 0. The van der Waals surface area contributed by atoms with Crippen molar-refractivity contribution in [1.29, 1.82) is 0 Å². The number of aliphatic hydroxyl groups excluding tert-OH is 4. The Morgan fingerprint density at radius 3 is 1.98 bits per heavy atom. The Labute approximate surface area is 341 Å². The summed E-state index contributed by atoms with van der Waals surface area (Å²) in [4.78, 5) is 23.5. The lowest BCUT2D eigenvalue weighted by molar-refractivity contribution is -0.336. The van der Waals surface area contributed by atoms with Gasteiger partial charge in [0.15, 0.2) is 18.9 Å². The lowest BCUT2D eigenvalue weighted by Gasteiger charge is -2.65. The van der Waals surface area contributed by atoms with E-state index in [-0.39, 0.29) is 61.1 Å². The summed E-state index contributed by atoms with van der Waals surface area (Å²) in [7, 11) is 0. The Kier molecular flexibility index (Phi) is 12.0. The van der Waals surface area contributed by atoms with Gasteiger partial charge in [-0.1, -0.05) is 13.8 Å². The molecule has 4 aliphatic heterocycles. The summed E-state index contributed by atoms with van der Waals surface area (Å²) in [6.45, 7) is 11.2. The number of esters is 2. The predicted molar refractivity (Wildman–Crippen MR) is 202 cm³/mol. The maximum Gasteiger partial charge on any atom is 0.331 e. The molecule has 0 spiro atoms. The Morgan fingerprint density at radius 1 is 0.759 bits per heavy atom. The van der Waals surface area contributed by atoms with E-state index in [1.165, 1.54) is 6.92 Å². The predicted octanol–water partition coefficient (Wildman–Crippen LogP) is 2.79. The molecule has 8 rings (SSSR count). The molecule has 58 heavy (non-hydrogen) atoms. The molecular formula is C43H66O15. The Bertz CT molecular complexity index is 1530. The van der Waals surface area contributed by atoms with Crippen molar-refractivity contribution in [1.82, 2.24) is 0 Å². The van der Waals surface area contributed by atoms with Crippen LogP contribution in [-0.2, 0) is 47.5 Å². The first-order chi connectivity index (χ1) is 27.4. The van der Waals surface area contributed by atoms with Crippen LogP contribution in [0.2, 0.25) is 0 Å². The van der Waals surface area contributed by atoms with Crippen LogP contribution >= 0.6 is 0 Å². The molecule has 7 fully saturated rings. The second-order valence-electron chi connectivity index (χ2n) is 19.4. The van der Waals surface area contributed by atoms with Crippen LogP contribution in [0.15, 0.2) is 11.6 Å². The summed E-state index contributed by atoms with van der Waals surface area (Å²) in [6.07, 6.45) is -1.66. The van der Waals surface area contributed by atoms with Gasteiger partial charge in [0.05, 0.1) is 48.3 Å². The van der Waals surface area contributed by atoms with Gasteiger partial charge in [0.25, 0.3) is 0 Å². The molecule has 3 saturated heterocycles. The van der Waals surface area contributed by atoms with Gasteiger partial charge < -0.3 is 63.4 Å². The van der Waals surface area contributed by atoms with Crippen LogP contribution in [0.5, 0.6) is 0 Å². The van der Waals surface area contributed by atoms with E-state index in [1.807, 2.05) is 13.8 Å². The third kappa shape index (κ3) is 7.49. The van der Waals surface area contributed by atoms with Gasteiger partial charge >= 0.3 is 11.9 Å². The van der Waals surface area contributed by atoms with Crippen LogP contribution < -0.4 is 0 Å². The molecule has 5 unspecified atom stereocenters. The molecule has 0 aromatic heterocycles. The van der Waals surface area contributed by atoms with Crippen LogP contribution in [0, 0.1) is 34.5 Å². The van der Waals surface area contributed by atoms with Crippen LogP contribution in [0.25, 0.3) is 0 Å². The Morgan fingerprint density at radius 2 is 1.38 bits per heavy atom. The van der Waals surface area contributed by atoms with Crippen LogP contribution in [0.4, 0.5) is 0 Å². The van der Waals surface area contributed by atoms with Gasteiger partial charge in [0.2, 0.25) is 0 Å². The fourth-order valence-electron chi connectivity index (χ4n) is 13.1. The first-order valence-corrected chi connectivity index (χ1v) is 21.8. The van der Waals surface area contributed by atoms with E-state index in [4.69, 9.17) is 37.9 Å². The van der Waals surface area contributed by atoms with Gasteiger partial charge in [-0.3, -0.25) is 4.79 Å². The molecule has 328 valence electrons. The second kappa shape index (κ2) is 16.2. The van der Waals surface area contributed by atoms with E-state index in [0.29, 0.717) is 18.8 Å². The number of hydrogen-bond donors (Lipinski definition) is 5. The van der Waals surface area contributed by atoms with Gasteiger partial charge in [-0.15, -0.1) is 0 Å². The van der Waals surface area contributed by atoms with E-state index < -0.39 is 96.9 Å². The van der Waals surface area contributed by atoms with E-state index in [2.05, 4.69) is 6.92 Å². The molecule has 4 saturated carbocycles. The third-order valence-corrected chi connectivity index (χ3v) is 16.2. The van der Waals surface area contributed by atoms with E-state index in [1.54, 1.807) is 19.9 Å². The molecular weight excluding hydrogens is 756 g/mol. The summed E-state index contributed by atoms with van der Waals surface area (Å²) in [5.74, 6) is -0.345. The largest absolute Gasteiger partial charge is 0.459 e. The quantitative estimate of drug-likeness (QED) is 0.176. The van der Waals surface area contributed by atoms with Crippen molar-refractivity contribution < 1.29 is 73.0 Å². The van der Waals surface area contributed by atoms with Gasteiger partial charge in [-0.05, 0) is 107 Å². The summed E-state index contributed by atoms with van der Waals surface area (Å²) < 4.78 is 47.7. The maximum absolute atomic E-state index is 12.6. The number of carbonyl (C=O) groups excluding carboxylic acids is 2. The fourth-order valence-corrected chi connectivity index (χ4v) is 13.1. The standard InChI is InChI=1S/C43H66O15/c1-20-38(49)32(55-23(4)44)18-37(52-20)58-40-22(3)54-36(17-31(40)46)57-39-21(2)53-35(16-30(39)45)56-26-9-11-41(5)25(14-26)7-8-28-29(41)15-33(47)42(6)27(10-12-43(28,42)50)24-13-34(48)51-19-24/h13,20-22,25-33,35-40,45-47,49-50H,7-12,14-19H2,1-6H3/t20-,21-,22-,25?,26+,27-,28-,29+,30+,31+,32+,33-,35+,36?,37?,38-,39?,40?,41+,42+,43+/m1/s1. The molecule has 5 N–H and O–H groups in total. The first kappa shape index (κ1) is 42.9. The van der Waals surface area contributed by atoms with Crippen molar-refractivity contribution in [2.45, 2.75) is 204 Å². The summed E-state index contributed by atoms with van der Waals surface area (Å²) in [5, 5.41) is 57.3. The van der Waals surface area contributed by atoms with Crippen molar-refractivity contribution in [2.24, 2.45) is 34.5 Å². The SMILES string of the molecule is CC(=O)O[C@H]1CC(OC2[C@@H](O)CC(OC3[C@@H](O)C[C@H](O[C@H]4CC[C@@]5(C)C(CC[C@@H]6[C@@H]5C[C@@H](O)[C@]5(C)[C@@H](C7=CC(=O)OC7)CC[C@]65O)C4)O[C@@H]3C)O[C@@H]2C)O[C@H](C)[C@H]1O. The smallest absolute Gasteiger partial charge is 0.331 e. The molecule has 4 heterocycles. The molecule has 4 aliphatic carbocycles. The van der Waals surface area contributed by atoms with E-state index in [9.17, 15) is 35.1 Å². The van der Waals surface area contributed by atoms with Crippen molar-refractivity contribution in [3.63, 3.8) is 0 Å². The topological polar surface area (TPSA) is 209 Å². The fraction of sp³-hybridized carbons (Fsp3) is 0.907. The molecule has 0 aromatic rings. The highest BCUT2D eigenvalue weighted by Gasteiger charge is 2.71. The summed E-state index contributed by atoms with van der Waals surface area (Å²) in [5.41, 5.74) is -0.918. The number of cyclic esters (lactones) is 1. The zero-order valence-electron chi connectivity index (χ0n) is 34.8. The van der Waals surface area contributed by atoms with E-state index in [0.717, 1.165) is 44.1 Å². The number of rotatable bonds is 8. The minimum Gasteiger partial charge on any atom is -0.459 e. The number of hydrogen-bond acceptors (Lipinski definition) is 15. The summed E-state index contributed by atoms with van der Waals surface area (Å²) in [6, 6.07) is 0. The number of ether oxygens (including phenoxy) is 8. The normalized spacial score (nSPS) is 53.2. The van der Waals surface area contributed by atoms with Crippen LogP contribution in [0.1, 0.15) is 112 Å². The monoisotopic (exact) mass is 822 g/mol. The lowest BCUT2D eigenvalue weighted by atomic mass is 9.42. The molecule has 0 bridgehead atoms. The first-order valence-electron chi connectivity index (χ1n) is 21.8. The van der Waals surface area contributed by atoms with Gasteiger partial charge in [0, 0.05) is 37.7 Å². The van der Waals surface area contributed by atoms with E-state index >= 15 is 0 Å². The van der Waals surface area contributed by atoms with Gasteiger partial charge in [-0.25, -0.2) is 4.79 Å². The van der Waals surface area contributed by atoms with Crippen molar-refractivity contribution in [2.75, 3.05) is 6.61 Å². The molecule has 15 nitrogen and oxygen atoms in total. The van der Waals surface area contributed by atoms with Crippen molar-refractivity contribution in [3.8, 4) is 0 Å². The number of carbonyl (C=O) groups is 2. The molecule has 0 radical (unpaired) electrons. The van der Waals surface area contributed by atoms with Crippen LogP contribution in [0.3, 0.4) is 0 Å².